The molecule has 2 fully saturated rings. The second-order valence-electron chi connectivity index (χ2n) is 8.23. The predicted molar refractivity (Wildman–Crippen MR) is 119 cm³/mol. The molecule has 2 saturated carbocycles. The van der Waals surface area contributed by atoms with Gasteiger partial charge in [-0.3, -0.25) is 0 Å². The van der Waals surface area contributed by atoms with Crippen molar-refractivity contribution in [2.75, 3.05) is 10.2 Å². The molecule has 3 atom stereocenters. The lowest BCUT2D eigenvalue weighted by molar-refractivity contribution is 0.392. The van der Waals surface area contributed by atoms with E-state index in [1.54, 1.807) is 0 Å². The molecule has 0 amide bonds. The van der Waals surface area contributed by atoms with Gasteiger partial charge in [-0.25, -0.2) is 0 Å². The van der Waals surface area contributed by atoms with Crippen LogP contribution in [0.2, 0.25) is 0 Å². The van der Waals surface area contributed by atoms with Crippen LogP contribution >= 0.6 is 12.2 Å². The normalized spacial score (nSPS) is 23.4. The van der Waals surface area contributed by atoms with Gasteiger partial charge in [-0.15, -0.1) is 0 Å². The van der Waals surface area contributed by atoms with Crippen molar-refractivity contribution in [1.82, 2.24) is 5.32 Å². The Kier molecular flexibility index (Phi) is 5.35. The largest absolute Gasteiger partial charge is 0.359 e. The Balaban J connectivity index is 1.40. The molecule has 2 N–H and O–H groups in total. The molecule has 2 aromatic carbocycles. The lowest BCUT2D eigenvalue weighted by Crippen LogP contribution is -2.40. The van der Waals surface area contributed by atoms with Crippen LogP contribution in [0.3, 0.4) is 0 Å². The number of fused-ring (bicyclic) bond motifs is 2. The third kappa shape index (κ3) is 4.11. The van der Waals surface area contributed by atoms with Crippen molar-refractivity contribution < 1.29 is 0 Å². The zero-order chi connectivity index (χ0) is 18.8. The average Bonchev–Trinajstić information content (AvgIpc) is 3.27. The van der Waals surface area contributed by atoms with Crippen molar-refractivity contribution in [3.05, 3.63) is 54.6 Å². The molecule has 0 heterocycles. The van der Waals surface area contributed by atoms with Gasteiger partial charge in [-0.05, 0) is 93.6 Å². The molecule has 2 aromatic rings. The molecule has 0 spiro atoms. The summed E-state index contributed by atoms with van der Waals surface area (Å²) in [4.78, 5) is 2.34. The topological polar surface area (TPSA) is 27.3 Å². The molecule has 142 valence electrons. The number of para-hydroxylation sites is 1. The molecule has 2 aliphatic carbocycles. The average molecular weight is 380 g/mol. The Hall–Kier alpha value is -2.07. The fourth-order valence-electron chi connectivity index (χ4n) is 4.80. The highest BCUT2D eigenvalue weighted by Gasteiger charge is 2.39. The van der Waals surface area contributed by atoms with Gasteiger partial charge in [-0.2, -0.15) is 0 Å². The van der Waals surface area contributed by atoms with Crippen LogP contribution in [-0.2, 0) is 0 Å². The quantitative estimate of drug-likeness (QED) is 0.651. The van der Waals surface area contributed by atoms with Gasteiger partial charge in [0.2, 0.25) is 0 Å². The van der Waals surface area contributed by atoms with Gasteiger partial charge >= 0.3 is 0 Å². The Labute approximate surface area is 168 Å². The van der Waals surface area contributed by atoms with E-state index in [-0.39, 0.29) is 0 Å². The molecule has 0 aliphatic heterocycles. The SMILES string of the molecule is CC(C)N(c1ccccc1)c1ccc(NC(=S)NC2CC3CCC2C3)cc1. The molecular formula is C23H29N3S. The van der Waals surface area contributed by atoms with E-state index in [2.05, 4.69) is 84.0 Å². The molecule has 4 heteroatoms. The summed E-state index contributed by atoms with van der Waals surface area (Å²) in [5, 5.41) is 7.67. The van der Waals surface area contributed by atoms with Crippen LogP contribution in [-0.4, -0.2) is 17.2 Å². The van der Waals surface area contributed by atoms with E-state index in [9.17, 15) is 0 Å². The van der Waals surface area contributed by atoms with Crippen LogP contribution in [0.4, 0.5) is 17.1 Å². The zero-order valence-electron chi connectivity index (χ0n) is 16.2. The van der Waals surface area contributed by atoms with Crippen LogP contribution in [0.5, 0.6) is 0 Å². The van der Waals surface area contributed by atoms with Crippen LogP contribution in [0.15, 0.2) is 54.6 Å². The molecular weight excluding hydrogens is 350 g/mol. The maximum atomic E-state index is 5.56. The highest BCUT2D eigenvalue weighted by atomic mass is 32.1. The van der Waals surface area contributed by atoms with Crippen molar-refractivity contribution in [2.45, 2.75) is 51.6 Å². The third-order valence-corrected chi connectivity index (χ3v) is 6.23. The van der Waals surface area contributed by atoms with Gasteiger partial charge in [0.25, 0.3) is 0 Å². The number of benzene rings is 2. The summed E-state index contributed by atoms with van der Waals surface area (Å²) in [5.74, 6) is 1.75. The molecule has 4 rings (SSSR count). The van der Waals surface area contributed by atoms with Gasteiger partial charge in [0.15, 0.2) is 5.11 Å². The molecule has 3 nitrogen and oxygen atoms in total. The van der Waals surface area contributed by atoms with E-state index in [0.29, 0.717) is 12.1 Å². The smallest absolute Gasteiger partial charge is 0.171 e. The van der Waals surface area contributed by atoms with Crippen LogP contribution in [0.1, 0.15) is 39.5 Å². The fraction of sp³-hybridized carbons (Fsp3) is 0.435. The maximum absolute atomic E-state index is 5.56. The highest BCUT2D eigenvalue weighted by molar-refractivity contribution is 7.80. The Morgan fingerprint density at radius 1 is 0.963 bits per heavy atom. The number of hydrogen-bond donors (Lipinski definition) is 2. The molecule has 2 bridgehead atoms. The minimum Gasteiger partial charge on any atom is -0.359 e. The summed E-state index contributed by atoms with van der Waals surface area (Å²) in [6.07, 6.45) is 5.45. The van der Waals surface area contributed by atoms with E-state index in [1.165, 1.54) is 37.1 Å². The van der Waals surface area contributed by atoms with Gasteiger partial charge in [0.1, 0.15) is 0 Å². The van der Waals surface area contributed by atoms with E-state index >= 15 is 0 Å². The monoisotopic (exact) mass is 379 g/mol. The van der Waals surface area contributed by atoms with Crippen molar-refractivity contribution >= 4 is 34.4 Å². The Morgan fingerprint density at radius 2 is 1.67 bits per heavy atom. The summed E-state index contributed by atoms with van der Waals surface area (Å²) in [5.41, 5.74) is 3.44. The molecule has 0 saturated heterocycles. The molecule has 2 aliphatic rings. The first-order valence-corrected chi connectivity index (χ1v) is 10.5. The van der Waals surface area contributed by atoms with Gasteiger partial charge in [0.05, 0.1) is 0 Å². The van der Waals surface area contributed by atoms with E-state index in [0.717, 1.165) is 22.6 Å². The molecule has 0 radical (unpaired) electrons. The number of hydrogen-bond acceptors (Lipinski definition) is 2. The summed E-state index contributed by atoms with van der Waals surface area (Å²) in [6, 6.07) is 20.0. The fourth-order valence-corrected chi connectivity index (χ4v) is 5.07. The molecule has 0 aromatic heterocycles. The van der Waals surface area contributed by atoms with E-state index in [4.69, 9.17) is 12.2 Å². The number of thiocarbonyl (C=S) groups is 1. The van der Waals surface area contributed by atoms with E-state index in [1.807, 2.05) is 0 Å². The Bertz CT molecular complexity index is 772. The number of nitrogens with zero attached hydrogens (tertiary/aromatic N) is 1. The first-order chi connectivity index (χ1) is 13.1. The van der Waals surface area contributed by atoms with Gasteiger partial charge < -0.3 is 15.5 Å². The second kappa shape index (κ2) is 7.89. The van der Waals surface area contributed by atoms with Crippen LogP contribution in [0, 0.1) is 11.8 Å². The van der Waals surface area contributed by atoms with Crippen LogP contribution < -0.4 is 15.5 Å². The van der Waals surface area contributed by atoms with Crippen molar-refractivity contribution in [1.29, 1.82) is 0 Å². The summed E-state index contributed by atoms with van der Waals surface area (Å²) < 4.78 is 0. The Morgan fingerprint density at radius 3 is 2.26 bits per heavy atom. The van der Waals surface area contributed by atoms with E-state index < -0.39 is 0 Å². The number of anilines is 3. The lowest BCUT2D eigenvalue weighted by Gasteiger charge is -2.29. The first-order valence-electron chi connectivity index (χ1n) is 10.1. The minimum atomic E-state index is 0.381. The summed E-state index contributed by atoms with van der Waals surface area (Å²) in [7, 11) is 0. The summed E-state index contributed by atoms with van der Waals surface area (Å²) >= 11 is 5.56. The van der Waals surface area contributed by atoms with Crippen molar-refractivity contribution in [3.63, 3.8) is 0 Å². The van der Waals surface area contributed by atoms with Gasteiger partial charge in [-0.1, -0.05) is 24.6 Å². The molecule has 27 heavy (non-hydrogen) atoms. The highest BCUT2D eigenvalue weighted by Crippen LogP contribution is 2.44. The number of nitrogens with one attached hydrogen (secondary N) is 2. The van der Waals surface area contributed by atoms with Crippen molar-refractivity contribution in [3.8, 4) is 0 Å². The van der Waals surface area contributed by atoms with Gasteiger partial charge in [0, 0.05) is 29.1 Å². The minimum absolute atomic E-state index is 0.381. The summed E-state index contributed by atoms with van der Waals surface area (Å²) in [6.45, 7) is 4.43. The standard InChI is InChI=1S/C23H29N3S/c1-16(2)26(20-6-4-3-5-7-20)21-12-10-19(11-13-21)24-23(27)25-22-15-17-8-9-18(22)14-17/h3-7,10-13,16-18,22H,8-9,14-15H2,1-2H3,(H2,24,25,27). The lowest BCUT2D eigenvalue weighted by atomic mass is 9.96. The van der Waals surface area contributed by atoms with Crippen molar-refractivity contribution in [2.24, 2.45) is 11.8 Å². The number of rotatable bonds is 5. The molecule has 3 unspecified atom stereocenters. The van der Waals surface area contributed by atoms with Crippen LogP contribution in [0.25, 0.3) is 0 Å². The maximum Gasteiger partial charge on any atom is 0.171 e. The first kappa shape index (κ1) is 18.3. The third-order valence-electron chi connectivity index (χ3n) is 6.01. The second-order valence-corrected chi connectivity index (χ2v) is 8.63. The zero-order valence-corrected chi connectivity index (χ0v) is 17.0. The predicted octanol–water partition coefficient (Wildman–Crippen LogP) is 5.71.